The fourth-order valence-corrected chi connectivity index (χ4v) is 6.60. The van der Waals surface area contributed by atoms with Gasteiger partial charge in [0.05, 0.1) is 15.3 Å². The predicted molar refractivity (Wildman–Crippen MR) is 110 cm³/mol. The van der Waals surface area contributed by atoms with Crippen LogP contribution in [0.2, 0.25) is 0 Å². The van der Waals surface area contributed by atoms with Gasteiger partial charge in [-0.3, -0.25) is 0 Å². The molecule has 9 heteroatoms. The van der Waals surface area contributed by atoms with Gasteiger partial charge in [0.15, 0.2) is 9.84 Å². The fourth-order valence-electron chi connectivity index (χ4n) is 3.99. The van der Waals surface area contributed by atoms with Crippen molar-refractivity contribution in [1.29, 1.82) is 0 Å². The molecule has 1 spiro atoms. The Balaban J connectivity index is 0.00000261. The molecule has 1 saturated carbocycles. The van der Waals surface area contributed by atoms with Crippen LogP contribution in [0.3, 0.4) is 0 Å². The molecule has 1 aromatic rings. The van der Waals surface area contributed by atoms with E-state index in [4.69, 9.17) is 0 Å². The van der Waals surface area contributed by atoms with Crippen molar-refractivity contribution >= 4 is 37.2 Å². The zero-order valence-corrected chi connectivity index (χ0v) is 18.1. The van der Waals surface area contributed by atoms with Crippen molar-refractivity contribution in [2.75, 3.05) is 19.3 Å². The Morgan fingerprint density at radius 2 is 1.70 bits per heavy atom. The molecular weight excluding hydrogens is 408 g/mol. The second kappa shape index (κ2) is 8.21. The number of sulfonamides is 1. The van der Waals surface area contributed by atoms with Crippen molar-refractivity contribution in [2.24, 2.45) is 0 Å². The number of sulfone groups is 1. The maximum absolute atomic E-state index is 13.0. The van der Waals surface area contributed by atoms with Gasteiger partial charge >= 0.3 is 0 Å². The van der Waals surface area contributed by atoms with E-state index >= 15 is 0 Å². The molecule has 1 aromatic carbocycles. The Morgan fingerprint density at radius 3 is 2.22 bits per heavy atom. The lowest BCUT2D eigenvalue weighted by molar-refractivity contribution is 0.315. The van der Waals surface area contributed by atoms with E-state index in [1.165, 1.54) is 12.1 Å². The molecule has 0 radical (unpaired) electrons. The third-order valence-corrected chi connectivity index (χ3v) is 8.06. The molecular formula is C18H27ClN2O4S2. The molecule has 0 aromatic heterocycles. The summed E-state index contributed by atoms with van der Waals surface area (Å²) in [6.07, 6.45) is 5.87. The van der Waals surface area contributed by atoms with Crippen LogP contribution in [0, 0.1) is 0 Å². The number of benzene rings is 1. The van der Waals surface area contributed by atoms with E-state index in [-0.39, 0.29) is 17.3 Å². The molecule has 27 heavy (non-hydrogen) atoms. The summed E-state index contributed by atoms with van der Waals surface area (Å²) in [7, 11) is -6.96. The number of hydrogen-bond acceptors (Lipinski definition) is 5. The highest BCUT2D eigenvalue weighted by Crippen LogP contribution is 2.45. The van der Waals surface area contributed by atoms with Crippen LogP contribution in [0.15, 0.2) is 34.7 Å². The number of hydrogen-bond donors (Lipinski definition) is 2. The average molecular weight is 435 g/mol. The van der Waals surface area contributed by atoms with E-state index in [0.717, 1.165) is 50.5 Å². The Bertz CT molecular complexity index is 917. The minimum absolute atomic E-state index is 0. The van der Waals surface area contributed by atoms with Crippen molar-refractivity contribution in [3.05, 3.63) is 35.4 Å². The predicted octanol–water partition coefficient (Wildman–Crippen LogP) is 2.47. The van der Waals surface area contributed by atoms with Crippen molar-refractivity contribution in [3.8, 4) is 0 Å². The normalized spacial score (nSPS) is 21.3. The van der Waals surface area contributed by atoms with Crippen LogP contribution in [0.25, 0.3) is 4.91 Å². The molecule has 1 aliphatic carbocycles. The summed E-state index contributed by atoms with van der Waals surface area (Å²) in [5, 5.41) is 3.28. The smallest absolute Gasteiger partial charge is 0.242 e. The largest absolute Gasteiger partial charge is 0.313 e. The summed E-state index contributed by atoms with van der Waals surface area (Å²) >= 11 is 0. The molecule has 3 rings (SSSR count). The molecule has 0 unspecified atom stereocenters. The van der Waals surface area contributed by atoms with Gasteiger partial charge in [-0.1, -0.05) is 38.3 Å². The summed E-state index contributed by atoms with van der Waals surface area (Å²) in [5.41, 5.74) is 0.913. The molecule has 2 N–H and O–H groups in total. The van der Waals surface area contributed by atoms with Gasteiger partial charge in [-0.05, 0) is 42.7 Å². The SMILES string of the molecule is CCNCC1=C(c2ccc(S(C)(=O)=O)cc2)S(=O)(=O)NC12CCCCC2.Cl. The second-order valence-corrected chi connectivity index (χ2v) is 10.8. The third-order valence-electron chi connectivity index (χ3n) is 5.25. The molecule has 152 valence electrons. The van der Waals surface area contributed by atoms with Gasteiger partial charge in [-0.2, -0.15) is 0 Å². The minimum Gasteiger partial charge on any atom is -0.313 e. The van der Waals surface area contributed by atoms with Crippen LogP contribution >= 0.6 is 12.4 Å². The summed E-state index contributed by atoms with van der Waals surface area (Å²) in [6.45, 7) is 3.25. The van der Waals surface area contributed by atoms with Gasteiger partial charge in [-0.25, -0.2) is 21.6 Å². The first-order valence-corrected chi connectivity index (χ1v) is 12.4. The monoisotopic (exact) mass is 434 g/mol. The van der Waals surface area contributed by atoms with Crippen LogP contribution in [0.4, 0.5) is 0 Å². The van der Waals surface area contributed by atoms with Gasteiger partial charge < -0.3 is 5.32 Å². The van der Waals surface area contributed by atoms with Gasteiger partial charge in [-0.15, -0.1) is 12.4 Å². The van der Waals surface area contributed by atoms with Gasteiger partial charge in [0.2, 0.25) is 10.0 Å². The van der Waals surface area contributed by atoms with Crippen molar-refractivity contribution in [3.63, 3.8) is 0 Å². The average Bonchev–Trinajstić information content (AvgIpc) is 2.79. The van der Waals surface area contributed by atoms with E-state index in [9.17, 15) is 16.8 Å². The summed E-state index contributed by atoms with van der Waals surface area (Å²) < 4.78 is 52.3. The number of rotatable bonds is 5. The van der Waals surface area contributed by atoms with E-state index in [1.54, 1.807) is 12.1 Å². The number of likely N-dealkylation sites (N-methyl/N-ethyl adjacent to an activating group) is 1. The first kappa shape index (κ1) is 22.4. The quantitative estimate of drug-likeness (QED) is 0.742. The first-order chi connectivity index (χ1) is 12.2. The minimum atomic E-state index is -3.64. The van der Waals surface area contributed by atoms with Gasteiger partial charge in [0.25, 0.3) is 0 Å². The Hall–Kier alpha value is -0.930. The summed E-state index contributed by atoms with van der Waals surface area (Å²) in [5.74, 6) is 0. The molecule has 1 fully saturated rings. The Kier molecular flexibility index (Phi) is 6.80. The number of nitrogens with one attached hydrogen (secondary N) is 2. The number of halogens is 1. The highest BCUT2D eigenvalue weighted by Gasteiger charge is 2.48. The van der Waals surface area contributed by atoms with E-state index in [0.29, 0.717) is 17.0 Å². The molecule has 2 aliphatic rings. The highest BCUT2D eigenvalue weighted by molar-refractivity contribution is 7.99. The van der Waals surface area contributed by atoms with E-state index in [2.05, 4.69) is 10.0 Å². The third kappa shape index (κ3) is 4.40. The van der Waals surface area contributed by atoms with E-state index < -0.39 is 25.4 Å². The highest BCUT2D eigenvalue weighted by atomic mass is 35.5. The zero-order chi connectivity index (χ0) is 19.0. The molecule has 0 amide bonds. The van der Waals surface area contributed by atoms with Gasteiger partial charge in [0.1, 0.15) is 0 Å². The first-order valence-electron chi connectivity index (χ1n) is 8.98. The topological polar surface area (TPSA) is 92.3 Å². The molecule has 0 bridgehead atoms. The Morgan fingerprint density at radius 1 is 1.11 bits per heavy atom. The van der Waals surface area contributed by atoms with E-state index in [1.807, 2.05) is 6.92 Å². The molecule has 1 heterocycles. The second-order valence-electron chi connectivity index (χ2n) is 7.13. The maximum Gasteiger partial charge on any atom is 0.242 e. The lowest BCUT2D eigenvalue weighted by Gasteiger charge is -2.35. The van der Waals surface area contributed by atoms with Gasteiger partial charge in [0, 0.05) is 12.8 Å². The molecule has 1 aliphatic heterocycles. The van der Waals surface area contributed by atoms with Crippen molar-refractivity contribution in [2.45, 2.75) is 49.5 Å². The summed E-state index contributed by atoms with van der Waals surface area (Å²) in [6, 6.07) is 6.14. The fraction of sp³-hybridized carbons (Fsp3) is 0.556. The lowest BCUT2D eigenvalue weighted by Crippen LogP contribution is -2.47. The Labute approximate surface area is 168 Å². The van der Waals surface area contributed by atoms with Crippen LogP contribution in [-0.2, 0) is 19.9 Å². The van der Waals surface area contributed by atoms with Crippen molar-refractivity contribution < 1.29 is 16.8 Å². The zero-order valence-electron chi connectivity index (χ0n) is 15.6. The molecule has 0 atom stereocenters. The summed E-state index contributed by atoms with van der Waals surface area (Å²) in [4.78, 5) is 0.492. The standard InChI is InChI=1S/C18H26N2O4S2.ClH/c1-3-19-13-16-17(14-7-9-15(10-8-14)25(2,21)22)26(23,24)20-18(16)11-5-4-6-12-18;/h7-10,19-20H,3-6,11-13H2,1-2H3;1H. The maximum atomic E-state index is 13.0. The van der Waals surface area contributed by atoms with Crippen LogP contribution in [0.5, 0.6) is 0 Å². The van der Waals surface area contributed by atoms with Crippen LogP contribution in [-0.4, -0.2) is 41.7 Å². The van der Waals surface area contributed by atoms with Crippen molar-refractivity contribution in [1.82, 2.24) is 10.0 Å². The lowest BCUT2D eigenvalue weighted by atomic mass is 9.76. The van der Waals surface area contributed by atoms with Crippen LogP contribution < -0.4 is 10.0 Å². The molecule has 6 nitrogen and oxygen atoms in total. The van der Waals surface area contributed by atoms with Crippen LogP contribution in [0.1, 0.15) is 44.6 Å². The molecule has 0 saturated heterocycles.